The van der Waals surface area contributed by atoms with E-state index < -0.39 is 0 Å². The number of nitrogens with zero attached hydrogens (tertiary/aromatic N) is 4. The Hall–Kier alpha value is -1.69. The van der Waals surface area contributed by atoms with E-state index in [2.05, 4.69) is 34.0 Å². The van der Waals surface area contributed by atoms with E-state index in [1.165, 1.54) is 28.9 Å². The van der Waals surface area contributed by atoms with E-state index in [-0.39, 0.29) is 5.91 Å². The fourth-order valence-corrected chi connectivity index (χ4v) is 3.97. The van der Waals surface area contributed by atoms with Gasteiger partial charge in [0.1, 0.15) is 12.7 Å². The summed E-state index contributed by atoms with van der Waals surface area (Å²) in [5.41, 5.74) is 0. The Kier molecular flexibility index (Phi) is 4.87. The molecule has 2 aromatic rings. The molecule has 2 heterocycles. The number of carbonyl (C=O) groups excluding carboxylic acids is 1. The molecule has 0 spiro atoms. The molecular formula is C16H22N4OS. The standard InChI is InChI=1S/C16H22N4OS/c1-13-6-7-15(22-13)10-20(14-4-2-3-5-14)16(21)8-9-19-12-17-11-18-19/h6-7,11-12,14H,2-5,8-10H2,1H3. The van der Waals surface area contributed by atoms with Crippen LogP contribution < -0.4 is 0 Å². The van der Waals surface area contributed by atoms with E-state index in [1.807, 2.05) is 0 Å². The Morgan fingerprint density at radius 2 is 2.23 bits per heavy atom. The summed E-state index contributed by atoms with van der Waals surface area (Å²) >= 11 is 1.79. The van der Waals surface area contributed by atoms with Gasteiger partial charge in [-0.2, -0.15) is 5.10 Å². The van der Waals surface area contributed by atoms with Gasteiger partial charge in [-0.1, -0.05) is 12.8 Å². The number of hydrogen-bond acceptors (Lipinski definition) is 4. The molecule has 1 fully saturated rings. The predicted molar refractivity (Wildman–Crippen MR) is 86.5 cm³/mol. The van der Waals surface area contributed by atoms with Crippen molar-refractivity contribution in [1.82, 2.24) is 19.7 Å². The number of carbonyl (C=O) groups is 1. The average molecular weight is 318 g/mol. The highest BCUT2D eigenvalue weighted by Gasteiger charge is 2.26. The van der Waals surface area contributed by atoms with Crippen LogP contribution in [0, 0.1) is 6.92 Å². The molecule has 1 aliphatic rings. The minimum Gasteiger partial charge on any atom is -0.335 e. The maximum Gasteiger partial charge on any atom is 0.225 e. The highest BCUT2D eigenvalue weighted by atomic mass is 32.1. The van der Waals surface area contributed by atoms with Crippen molar-refractivity contribution in [3.05, 3.63) is 34.5 Å². The number of aromatic nitrogens is 3. The Balaban J connectivity index is 1.65. The quantitative estimate of drug-likeness (QED) is 0.822. The number of amides is 1. The van der Waals surface area contributed by atoms with E-state index in [0.717, 1.165) is 19.4 Å². The zero-order valence-electron chi connectivity index (χ0n) is 12.9. The molecule has 0 unspecified atom stereocenters. The van der Waals surface area contributed by atoms with Crippen LogP contribution in [0.25, 0.3) is 0 Å². The third-order valence-electron chi connectivity index (χ3n) is 4.23. The van der Waals surface area contributed by atoms with Crippen molar-refractivity contribution in [2.75, 3.05) is 0 Å². The van der Waals surface area contributed by atoms with Crippen molar-refractivity contribution in [1.29, 1.82) is 0 Å². The molecule has 0 bridgehead atoms. The molecule has 0 atom stereocenters. The largest absolute Gasteiger partial charge is 0.335 e. The van der Waals surface area contributed by atoms with Crippen LogP contribution in [0.4, 0.5) is 0 Å². The first-order chi connectivity index (χ1) is 10.7. The zero-order valence-corrected chi connectivity index (χ0v) is 13.8. The van der Waals surface area contributed by atoms with Crippen LogP contribution in [0.1, 0.15) is 41.9 Å². The monoisotopic (exact) mass is 318 g/mol. The van der Waals surface area contributed by atoms with Gasteiger partial charge in [0.2, 0.25) is 5.91 Å². The third-order valence-corrected chi connectivity index (χ3v) is 5.21. The lowest BCUT2D eigenvalue weighted by molar-refractivity contribution is -0.134. The second-order valence-electron chi connectivity index (χ2n) is 5.88. The molecule has 6 heteroatoms. The molecule has 0 saturated heterocycles. The first-order valence-electron chi connectivity index (χ1n) is 7.89. The van der Waals surface area contributed by atoms with Crippen LogP contribution in [0.3, 0.4) is 0 Å². The van der Waals surface area contributed by atoms with Crippen molar-refractivity contribution >= 4 is 17.2 Å². The van der Waals surface area contributed by atoms with Crippen molar-refractivity contribution in [2.24, 2.45) is 0 Å². The fraction of sp³-hybridized carbons (Fsp3) is 0.562. The number of aryl methyl sites for hydroxylation is 2. The summed E-state index contributed by atoms with van der Waals surface area (Å²) in [6, 6.07) is 4.69. The van der Waals surface area contributed by atoms with Crippen LogP contribution in [0.15, 0.2) is 24.8 Å². The Bertz CT molecular complexity index is 601. The molecule has 3 rings (SSSR count). The van der Waals surface area contributed by atoms with Gasteiger partial charge in [-0.3, -0.25) is 9.48 Å². The molecule has 5 nitrogen and oxygen atoms in total. The van der Waals surface area contributed by atoms with Gasteiger partial charge in [-0.05, 0) is 31.9 Å². The van der Waals surface area contributed by atoms with Crippen molar-refractivity contribution < 1.29 is 4.79 Å². The molecule has 0 N–H and O–H groups in total. The van der Waals surface area contributed by atoms with Crippen molar-refractivity contribution in [3.8, 4) is 0 Å². The van der Waals surface area contributed by atoms with Gasteiger partial charge < -0.3 is 4.90 Å². The Morgan fingerprint density at radius 1 is 1.41 bits per heavy atom. The molecule has 0 aromatic carbocycles. The first kappa shape index (κ1) is 15.2. The van der Waals surface area contributed by atoms with Gasteiger partial charge in [-0.15, -0.1) is 11.3 Å². The van der Waals surface area contributed by atoms with Crippen LogP contribution in [-0.2, 0) is 17.9 Å². The third kappa shape index (κ3) is 3.74. The van der Waals surface area contributed by atoms with E-state index in [4.69, 9.17) is 0 Å². The summed E-state index contributed by atoms with van der Waals surface area (Å²) in [5, 5.41) is 4.07. The minimum atomic E-state index is 0.230. The summed E-state index contributed by atoms with van der Waals surface area (Å²) in [6.45, 7) is 3.46. The summed E-state index contributed by atoms with van der Waals surface area (Å²) in [5.74, 6) is 0.230. The van der Waals surface area contributed by atoms with Gasteiger partial charge in [0.25, 0.3) is 0 Å². The van der Waals surface area contributed by atoms with Gasteiger partial charge in [-0.25, -0.2) is 4.98 Å². The Morgan fingerprint density at radius 3 is 2.86 bits per heavy atom. The molecule has 1 saturated carbocycles. The second kappa shape index (κ2) is 7.05. The molecule has 0 aliphatic heterocycles. The van der Waals surface area contributed by atoms with Gasteiger partial charge >= 0.3 is 0 Å². The van der Waals surface area contributed by atoms with Gasteiger partial charge in [0.05, 0.1) is 13.1 Å². The highest BCUT2D eigenvalue weighted by molar-refractivity contribution is 7.11. The van der Waals surface area contributed by atoms with Crippen LogP contribution in [-0.4, -0.2) is 31.6 Å². The molecule has 22 heavy (non-hydrogen) atoms. The average Bonchev–Trinajstić information content (AvgIpc) is 3.25. The maximum absolute atomic E-state index is 12.7. The molecule has 0 radical (unpaired) electrons. The van der Waals surface area contributed by atoms with Gasteiger partial charge in [0, 0.05) is 22.2 Å². The van der Waals surface area contributed by atoms with Crippen LogP contribution >= 0.6 is 11.3 Å². The Labute approximate surface area is 135 Å². The second-order valence-corrected chi connectivity index (χ2v) is 7.25. The van der Waals surface area contributed by atoms with Crippen molar-refractivity contribution in [3.63, 3.8) is 0 Å². The summed E-state index contributed by atoms with van der Waals surface area (Å²) in [7, 11) is 0. The molecule has 2 aromatic heterocycles. The van der Waals surface area contributed by atoms with Crippen LogP contribution in [0.2, 0.25) is 0 Å². The highest BCUT2D eigenvalue weighted by Crippen LogP contribution is 2.27. The van der Waals surface area contributed by atoms with Gasteiger partial charge in [0.15, 0.2) is 0 Å². The van der Waals surface area contributed by atoms with Crippen LogP contribution in [0.5, 0.6) is 0 Å². The van der Waals surface area contributed by atoms with E-state index in [0.29, 0.717) is 19.0 Å². The topological polar surface area (TPSA) is 51.0 Å². The fourth-order valence-electron chi connectivity index (χ4n) is 3.08. The lowest BCUT2D eigenvalue weighted by Crippen LogP contribution is -2.38. The molecule has 118 valence electrons. The van der Waals surface area contributed by atoms with E-state index in [9.17, 15) is 4.79 Å². The molecule has 1 amide bonds. The summed E-state index contributed by atoms with van der Waals surface area (Å²) in [6.07, 6.45) is 8.41. The smallest absolute Gasteiger partial charge is 0.225 e. The lowest BCUT2D eigenvalue weighted by Gasteiger charge is -2.28. The first-order valence-corrected chi connectivity index (χ1v) is 8.71. The maximum atomic E-state index is 12.7. The number of rotatable bonds is 6. The zero-order chi connectivity index (χ0) is 15.4. The molecule has 1 aliphatic carbocycles. The summed E-state index contributed by atoms with van der Waals surface area (Å²) < 4.78 is 1.72. The molecular weight excluding hydrogens is 296 g/mol. The summed E-state index contributed by atoms with van der Waals surface area (Å²) in [4.78, 5) is 21.3. The number of hydrogen-bond donors (Lipinski definition) is 0. The lowest BCUT2D eigenvalue weighted by atomic mass is 10.2. The van der Waals surface area contributed by atoms with Crippen molar-refractivity contribution in [2.45, 2.75) is 58.2 Å². The van der Waals surface area contributed by atoms with E-state index in [1.54, 1.807) is 22.3 Å². The number of thiophene rings is 1. The SMILES string of the molecule is Cc1ccc(CN(C(=O)CCn2cncn2)C2CCCC2)s1. The normalized spacial score (nSPS) is 15.3. The predicted octanol–water partition coefficient (Wildman–Crippen LogP) is 3.01. The minimum absolute atomic E-state index is 0.230. The van der Waals surface area contributed by atoms with E-state index >= 15 is 0 Å².